The van der Waals surface area contributed by atoms with E-state index in [0.29, 0.717) is 18.1 Å². The SMILES string of the molecule is CCC1CCC(C)N1c1ncccc1CNC(C)C. The molecule has 0 aliphatic carbocycles. The fourth-order valence-corrected chi connectivity index (χ4v) is 2.97. The van der Waals surface area contributed by atoms with Crippen LogP contribution in [0.1, 0.15) is 52.5 Å². The van der Waals surface area contributed by atoms with E-state index < -0.39 is 0 Å². The van der Waals surface area contributed by atoms with Crippen molar-refractivity contribution in [2.75, 3.05) is 4.90 Å². The number of aromatic nitrogens is 1. The van der Waals surface area contributed by atoms with Gasteiger partial charge in [-0.05, 0) is 32.3 Å². The molecule has 2 rings (SSSR count). The highest BCUT2D eigenvalue weighted by Crippen LogP contribution is 2.32. The molecule has 1 aliphatic heterocycles. The van der Waals surface area contributed by atoms with Gasteiger partial charge in [0.05, 0.1) is 0 Å². The lowest BCUT2D eigenvalue weighted by atomic mass is 10.1. The maximum Gasteiger partial charge on any atom is 0.133 e. The van der Waals surface area contributed by atoms with E-state index in [1.807, 2.05) is 12.3 Å². The van der Waals surface area contributed by atoms with Crippen LogP contribution in [0.3, 0.4) is 0 Å². The van der Waals surface area contributed by atoms with Crippen molar-refractivity contribution in [2.24, 2.45) is 0 Å². The number of anilines is 1. The second kappa shape index (κ2) is 6.38. The van der Waals surface area contributed by atoms with E-state index in [0.717, 1.165) is 6.54 Å². The third-order valence-corrected chi connectivity index (χ3v) is 4.07. The molecular formula is C16H27N3. The van der Waals surface area contributed by atoms with E-state index in [-0.39, 0.29) is 0 Å². The Balaban J connectivity index is 2.22. The molecule has 1 fully saturated rings. The first-order chi connectivity index (χ1) is 9.13. The van der Waals surface area contributed by atoms with Gasteiger partial charge >= 0.3 is 0 Å². The van der Waals surface area contributed by atoms with Crippen LogP contribution >= 0.6 is 0 Å². The molecule has 19 heavy (non-hydrogen) atoms. The number of hydrogen-bond donors (Lipinski definition) is 1. The van der Waals surface area contributed by atoms with Crippen molar-refractivity contribution in [3.8, 4) is 0 Å². The molecule has 1 aliphatic rings. The predicted octanol–water partition coefficient (Wildman–Crippen LogP) is 3.35. The van der Waals surface area contributed by atoms with Gasteiger partial charge in [0.1, 0.15) is 5.82 Å². The quantitative estimate of drug-likeness (QED) is 0.881. The lowest BCUT2D eigenvalue weighted by molar-refractivity contribution is 0.578. The van der Waals surface area contributed by atoms with Gasteiger partial charge in [0.15, 0.2) is 0 Å². The lowest BCUT2D eigenvalue weighted by Gasteiger charge is -2.31. The van der Waals surface area contributed by atoms with Gasteiger partial charge in [0.25, 0.3) is 0 Å². The van der Waals surface area contributed by atoms with Gasteiger partial charge in [-0.2, -0.15) is 0 Å². The number of pyridine rings is 1. The lowest BCUT2D eigenvalue weighted by Crippen LogP contribution is -2.36. The maximum atomic E-state index is 4.67. The van der Waals surface area contributed by atoms with Gasteiger partial charge in [-0.1, -0.05) is 26.8 Å². The highest BCUT2D eigenvalue weighted by Gasteiger charge is 2.31. The molecule has 2 unspecified atom stereocenters. The monoisotopic (exact) mass is 261 g/mol. The molecule has 1 aromatic rings. The summed E-state index contributed by atoms with van der Waals surface area (Å²) in [5.41, 5.74) is 1.32. The summed E-state index contributed by atoms with van der Waals surface area (Å²) in [4.78, 5) is 7.21. The molecule has 1 N–H and O–H groups in total. The van der Waals surface area contributed by atoms with Crippen molar-refractivity contribution in [1.82, 2.24) is 10.3 Å². The van der Waals surface area contributed by atoms with E-state index in [9.17, 15) is 0 Å². The molecule has 0 saturated carbocycles. The van der Waals surface area contributed by atoms with Gasteiger partial charge in [-0.15, -0.1) is 0 Å². The zero-order chi connectivity index (χ0) is 13.8. The minimum Gasteiger partial charge on any atom is -0.351 e. The minimum absolute atomic E-state index is 0.506. The number of nitrogens with one attached hydrogen (secondary N) is 1. The third-order valence-electron chi connectivity index (χ3n) is 4.07. The fraction of sp³-hybridized carbons (Fsp3) is 0.688. The summed E-state index contributed by atoms with van der Waals surface area (Å²) in [7, 11) is 0. The van der Waals surface area contributed by atoms with Gasteiger partial charge in [0.2, 0.25) is 0 Å². The first kappa shape index (κ1) is 14.3. The van der Waals surface area contributed by atoms with Gasteiger partial charge < -0.3 is 10.2 Å². The van der Waals surface area contributed by atoms with E-state index in [1.54, 1.807) is 0 Å². The number of nitrogens with zero attached hydrogens (tertiary/aromatic N) is 2. The van der Waals surface area contributed by atoms with Crippen LogP contribution in [0.5, 0.6) is 0 Å². The van der Waals surface area contributed by atoms with E-state index in [2.05, 4.69) is 49.0 Å². The Bertz CT molecular complexity index is 403. The summed E-state index contributed by atoms with van der Waals surface area (Å²) >= 11 is 0. The smallest absolute Gasteiger partial charge is 0.133 e. The number of rotatable bonds is 5. The average Bonchev–Trinajstić information content (AvgIpc) is 2.77. The zero-order valence-electron chi connectivity index (χ0n) is 12.7. The summed E-state index contributed by atoms with van der Waals surface area (Å²) in [6, 6.07) is 6.02. The normalized spacial score (nSPS) is 23.3. The van der Waals surface area contributed by atoms with Gasteiger partial charge in [-0.3, -0.25) is 0 Å². The minimum atomic E-state index is 0.506. The standard InChI is InChI=1S/C16H27N3/c1-5-15-9-8-13(4)19(15)16-14(7-6-10-17-16)11-18-12(2)3/h6-7,10,12-13,15,18H,5,8-9,11H2,1-4H3. The largest absolute Gasteiger partial charge is 0.351 e. The van der Waals surface area contributed by atoms with Crippen LogP contribution in [0.2, 0.25) is 0 Å². The Morgan fingerprint density at radius 2 is 2.21 bits per heavy atom. The summed E-state index contributed by atoms with van der Waals surface area (Å²) in [5, 5.41) is 3.51. The molecule has 1 saturated heterocycles. The summed E-state index contributed by atoms with van der Waals surface area (Å²) in [5.74, 6) is 1.19. The highest BCUT2D eigenvalue weighted by atomic mass is 15.3. The van der Waals surface area contributed by atoms with Crippen LogP contribution in [-0.4, -0.2) is 23.1 Å². The predicted molar refractivity (Wildman–Crippen MR) is 81.5 cm³/mol. The van der Waals surface area contributed by atoms with Crippen LogP contribution in [0.4, 0.5) is 5.82 Å². The molecule has 0 spiro atoms. The molecule has 2 atom stereocenters. The van der Waals surface area contributed by atoms with Crippen molar-refractivity contribution in [1.29, 1.82) is 0 Å². The molecule has 0 aromatic carbocycles. The molecule has 1 aromatic heterocycles. The van der Waals surface area contributed by atoms with Crippen molar-refractivity contribution in [3.05, 3.63) is 23.9 Å². The Hall–Kier alpha value is -1.09. The number of hydrogen-bond acceptors (Lipinski definition) is 3. The Morgan fingerprint density at radius 3 is 2.89 bits per heavy atom. The third kappa shape index (κ3) is 3.27. The fourth-order valence-electron chi connectivity index (χ4n) is 2.97. The summed E-state index contributed by atoms with van der Waals surface area (Å²) in [6.45, 7) is 9.88. The van der Waals surface area contributed by atoms with E-state index in [1.165, 1.54) is 30.6 Å². The average molecular weight is 261 g/mol. The Kier molecular flexibility index (Phi) is 4.81. The van der Waals surface area contributed by atoms with Crippen molar-refractivity contribution < 1.29 is 0 Å². The van der Waals surface area contributed by atoms with Crippen LogP contribution in [0.15, 0.2) is 18.3 Å². The van der Waals surface area contributed by atoms with Gasteiger partial charge in [0, 0.05) is 36.4 Å². The maximum absolute atomic E-state index is 4.67. The van der Waals surface area contributed by atoms with Crippen LogP contribution < -0.4 is 10.2 Å². The van der Waals surface area contributed by atoms with Crippen LogP contribution in [0.25, 0.3) is 0 Å². The molecule has 3 heteroatoms. The Morgan fingerprint density at radius 1 is 1.42 bits per heavy atom. The van der Waals surface area contributed by atoms with Crippen molar-refractivity contribution >= 4 is 5.82 Å². The molecule has 106 valence electrons. The molecule has 0 radical (unpaired) electrons. The van der Waals surface area contributed by atoms with Crippen molar-refractivity contribution in [3.63, 3.8) is 0 Å². The van der Waals surface area contributed by atoms with Crippen LogP contribution in [0, 0.1) is 0 Å². The second-order valence-corrected chi connectivity index (χ2v) is 5.92. The highest BCUT2D eigenvalue weighted by molar-refractivity contribution is 5.49. The van der Waals surface area contributed by atoms with E-state index >= 15 is 0 Å². The first-order valence-corrected chi connectivity index (χ1v) is 7.59. The zero-order valence-corrected chi connectivity index (χ0v) is 12.7. The molecule has 2 heterocycles. The molecule has 0 amide bonds. The topological polar surface area (TPSA) is 28.2 Å². The molecular weight excluding hydrogens is 234 g/mol. The first-order valence-electron chi connectivity index (χ1n) is 7.59. The molecule has 3 nitrogen and oxygen atoms in total. The molecule has 0 bridgehead atoms. The summed E-state index contributed by atoms with van der Waals surface area (Å²) in [6.07, 6.45) is 5.71. The second-order valence-electron chi connectivity index (χ2n) is 5.92. The van der Waals surface area contributed by atoms with Gasteiger partial charge in [-0.25, -0.2) is 4.98 Å². The van der Waals surface area contributed by atoms with Crippen molar-refractivity contribution in [2.45, 2.75) is 71.6 Å². The van der Waals surface area contributed by atoms with Crippen LogP contribution in [-0.2, 0) is 6.54 Å². The summed E-state index contributed by atoms with van der Waals surface area (Å²) < 4.78 is 0. The van der Waals surface area contributed by atoms with E-state index in [4.69, 9.17) is 0 Å². The Labute approximate surface area is 117 Å².